The van der Waals surface area contributed by atoms with E-state index in [9.17, 15) is 4.79 Å². The molecule has 2 rings (SSSR count). The van der Waals surface area contributed by atoms with Crippen molar-refractivity contribution in [2.24, 2.45) is 0 Å². The average molecular weight is 229 g/mol. The predicted octanol–water partition coefficient (Wildman–Crippen LogP) is 3.44. The first-order chi connectivity index (χ1) is 7.77. The number of pyridine rings is 1. The fraction of sp³-hybridized carbons (Fsp3) is 0.0769. The molecular weight excluding hydrogens is 218 g/mol. The van der Waals surface area contributed by atoms with E-state index in [4.69, 9.17) is 0 Å². The maximum Gasteiger partial charge on any atom is 0.160 e. The molecule has 0 aliphatic rings. The van der Waals surface area contributed by atoms with Crippen molar-refractivity contribution in [3.05, 3.63) is 54.4 Å². The molecule has 0 unspecified atom stereocenters. The molecule has 16 heavy (non-hydrogen) atoms. The highest BCUT2D eigenvalue weighted by Gasteiger charge is 2.07. The highest BCUT2D eigenvalue weighted by Crippen LogP contribution is 2.29. The van der Waals surface area contributed by atoms with E-state index in [0.717, 1.165) is 15.4 Å². The van der Waals surface area contributed by atoms with Crippen molar-refractivity contribution >= 4 is 17.5 Å². The molecule has 0 N–H and O–H groups in total. The lowest BCUT2D eigenvalue weighted by molar-refractivity contribution is 0.101. The van der Waals surface area contributed by atoms with Crippen molar-refractivity contribution in [1.82, 2.24) is 4.98 Å². The van der Waals surface area contributed by atoms with Gasteiger partial charge in [-0.1, -0.05) is 30.0 Å². The van der Waals surface area contributed by atoms with E-state index in [1.807, 2.05) is 36.4 Å². The minimum absolute atomic E-state index is 0.0946. The number of hydrogen-bond acceptors (Lipinski definition) is 3. The molecule has 0 saturated heterocycles. The molecule has 1 heterocycles. The second-order valence-corrected chi connectivity index (χ2v) is 4.45. The summed E-state index contributed by atoms with van der Waals surface area (Å²) in [6, 6.07) is 11.5. The molecule has 0 saturated carbocycles. The Morgan fingerprint density at radius 1 is 1.12 bits per heavy atom. The van der Waals surface area contributed by atoms with E-state index in [2.05, 4.69) is 4.98 Å². The van der Waals surface area contributed by atoms with Gasteiger partial charge in [0.1, 0.15) is 0 Å². The lowest BCUT2D eigenvalue weighted by Gasteiger charge is -2.05. The second kappa shape index (κ2) is 4.94. The molecule has 0 atom stereocenters. The Kier molecular flexibility index (Phi) is 3.37. The van der Waals surface area contributed by atoms with E-state index in [-0.39, 0.29) is 5.78 Å². The summed E-state index contributed by atoms with van der Waals surface area (Å²) in [4.78, 5) is 17.5. The fourth-order valence-corrected chi connectivity index (χ4v) is 2.36. The molecule has 0 aliphatic heterocycles. The van der Waals surface area contributed by atoms with Gasteiger partial charge in [0, 0.05) is 27.7 Å². The van der Waals surface area contributed by atoms with Crippen molar-refractivity contribution in [1.29, 1.82) is 0 Å². The molecule has 0 radical (unpaired) electrons. The summed E-state index contributed by atoms with van der Waals surface area (Å²) >= 11 is 1.58. The van der Waals surface area contributed by atoms with Gasteiger partial charge in [-0.2, -0.15) is 0 Å². The fourth-order valence-electron chi connectivity index (χ4n) is 1.38. The lowest BCUT2D eigenvalue weighted by atomic mass is 10.1. The monoisotopic (exact) mass is 229 g/mol. The van der Waals surface area contributed by atoms with Gasteiger partial charge < -0.3 is 0 Å². The van der Waals surface area contributed by atoms with Crippen LogP contribution in [0.4, 0.5) is 0 Å². The summed E-state index contributed by atoms with van der Waals surface area (Å²) in [5.41, 5.74) is 0.768. The molecule has 0 fully saturated rings. The molecule has 2 aromatic rings. The molecule has 0 bridgehead atoms. The summed E-state index contributed by atoms with van der Waals surface area (Å²) in [6.45, 7) is 1.59. The number of hydrogen-bond donors (Lipinski definition) is 0. The summed E-state index contributed by atoms with van der Waals surface area (Å²) in [7, 11) is 0. The molecule has 1 aromatic carbocycles. The second-order valence-electron chi connectivity index (χ2n) is 3.34. The van der Waals surface area contributed by atoms with Crippen LogP contribution in [0.1, 0.15) is 17.3 Å². The van der Waals surface area contributed by atoms with Crippen molar-refractivity contribution in [2.45, 2.75) is 16.7 Å². The summed E-state index contributed by atoms with van der Waals surface area (Å²) in [6.07, 6.45) is 3.50. The molecule has 0 aliphatic carbocycles. The van der Waals surface area contributed by atoms with Crippen LogP contribution in [0.2, 0.25) is 0 Å². The van der Waals surface area contributed by atoms with Crippen molar-refractivity contribution < 1.29 is 4.79 Å². The number of carbonyl (C=O) groups excluding carboxylic acids is 1. The standard InChI is InChI=1S/C13H11NOS/c1-10(15)12-4-2-3-5-13(12)16-11-6-8-14-9-7-11/h2-9H,1H3. The van der Waals surface area contributed by atoms with Crippen LogP contribution in [0, 0.1) is 0 Å². The van der Waals surface area contributed by atoms with Gasteiger partial charge in [0.25, 0.3) is 0 Å². The van der Waals surface area contributed by atoms with Crippen LogP contribution in [0.5, 0.6) is 0 Å². The van der Waals surface area contributed by atoms with Gasteiger partial charge in [-0.15, -0.1) is 0 Å². The van der Waals surface area contributed by atoms with Crippen LogP contribution in [0.25, 0.3) is 0 Å². The largest absolute Gasteiger partial charge is 0.294 e. The van der Waals surface area contributed by atoms with Crippen LogP contribution in [0.3, 0.4) is 0 Å². The summed E-state index contributed by atoms with van der Waals surface area (Å²) < 4.78 is 0. The smallest absolute Gasteiger partial charge is 0.160 e. The van der Waals surface area contributed by atoms with Gasteiger partial charge in [0.15, 0.2) is 5.78 Å². The van der Waals surface area contributed by atoms with Crippen molar-refractivity contribution in [3.63, 3.8) is 0 Å². The first kappa shape index (κ1) is 10.9. The normalized spacial score (nSPS) is 10.1. The van der Waals surface area contributed by atoms with Crippen LogP contribution in [-0.4, -0.2) is 10.8 Å². The SMILES string of the molecule is CC(=O)c1ccccc1Sc1ccncc1. The lowest BCUT2D eigenvalue weighted by Crippen LogP contribution is -1.94. The molecule has 2 nitrogen and oxygen atoms in total. The van der Waals surface area contributed by atoms with Crippen LogP contribution in [0.15, 0.2) is 58.6 Å². The highest BCUT2D eigenvalue weighted by molar-refractivity contribution is 7.99. The summed E-state index contributed by atoms with van der Waals surface area (Å²) in [5.74, 6) is 0.0946. The van der Waals surface area contributed by atoms with Crippen LogP contribution < -0.4 is 0 Å². The maximum atomic E-state index is 11.4. The van der Waals surface area contributed by atoms with E-state index in [1.54, 1.807) is 31.1 Å². The minimum atomic E-state index is 0.0946. The topological polar surface area (TPSA) is 30.0 Å². The Hall–Kier alpha value is -1.61. The highest BCUT2D eigenvalue weighted by atomic mass is 32.2. The zero-order valence-corrected chi connectivity index (χ0v) is 9.70. The Balaban J connectivity index is 2.31. The first-order valence-corrected chi connectivity index (χ1v) is 5.77. The third-order valence-electron chi connectivity index (χ3n) is 2.14. The zero-order chi connectivity index (χ0) is 11.4. The number of Topliss-reactive ketones (excluding diaryl/α,β-unsaturated/α-hetero) is 1. The molecular formula is C13H11NOS. The van der Waals surface area contributed by atoms with E-state index >= 15 is 0 Å². The summed E-state index contributed by atoms with van der Waals surface area (Å²) in [5, 5.41) is 0. The quantitative estimate of drug-likeness (QED) is 0.755. The number of carbonyl (C=O) groups is 1. The van der Waals surface area contributed by atoms with Gasteiger partial charge in [-0.3, -0.25) is 9.78 Å². The number of rotatable bonds is 3. The third-order valence-corrected chi connectivity index (χ3v) is 3.23. The average Bonchev–Trinajstić information content (AvgIpc) is 2.31. The minimum Gasteiger partial charge on any atom is -0.294 e. The third kappa shape index (κ3) is 2.49. The molecule has 80 valence electrons. The Morgan fingerprint density at radius 2 is 1.81 bits per heavy atom. The van der Waals surface area contributed by atoms with Crippen LogP contribution in [-0.2, 0) is 0 Å². The van der Waals surface area contributed by atoms with Gasteiger partial charge in [0.2, 0.25) is 0 Å². The van der Waals surface area contributed by atoms with E-state index in [0.29, 0.717) is 0 Å². The van der Waals surface area contributed by atoms with Gasteiger partial charge in [-0.05, 0) is 25.1 Å². The number of ketones is 1. The van der Waals surface area contributed by atoms with Gasteiger partial charge >= 0.3 is 0 Å². The molecule has 0 spiro atoms. The number of benzene rings is 1. The Morgan fingerprint density at radius 3 is 2.50 bits per heavy atom. The molecule has 3 heteroatoms. The zero-order valence-electron chi connectivity index (χ0n) is 8.88. The molecule has 0 amide bonds. The number of nitrogens with zero attached hydrogens (tertiary/aromatic N) is 1. The predicted molar refractivity (Wildman–Crippen MR) is 64.8 cm³/mol. The van der Waals surface area contributed by atoms with Crippen molar-refractivity contribution in [2.75, 3.05) is 0 Å². The maximum absolute atomic E-state index is 11.4. The first-order valence-electron chi connectivity index (χ1n) is 4.95. The van der Waals surface area contributed by atoms with E-state index in [1.165, 1.54) is 0 Å². The van der Waals surface area contributed by atoms with Gasteiger partial charge in [-0.25, -0.2) is 0 Å². The van der Waals surface area contributed by atoms with Gasteiger partial charge in [0.05, 0.1) is 0 Å². The number of aromatic nitrogens is 1. The van der Waals surface area contributed by atoms with Crippen molar-refractivity contribution in [3.8, 4) is 0 Å². The van der Waals surface area contributed by atoms with E-state index < -0.39 is 0 Å². The Bertz CT molecular complexity index is 496. The Labute approximate surface area is 98.7 Å². The van der Waals surface area contributed by atoms with Crippen LogP contribution >= 0.6 is 11.8 Å². The molecule has 1 aromatic heterocycles.